The van der Waals surface area contributed by atoms with E-state index in [0.717, 1.165) is 17.3 Å². The summed E-state index contributed by atoms with van der Waals surface area (Å²) in [4.78, 5) is 0. The molecular formula is C16H24ClNO. The number of rotatable bonds is 4. The van der Waals surface area contributed by atoms with Gasteiger partial charge in [-0.1, -0.05) is 18.5 Å². The second kappa shape index (κ2) is 4.99. The summed E-state index contributed by atoms with van der Waals surface area (Å²) in [5.41, 5.74) is 1.54. The SMILES string of the molecule is COc1ccc(Cl)cc1C1(CNC(C)(C)C)CC1C. The van der Waals surface area contributed by atoms with Crippen molar-refractivity contribution in [3.63, 3.8) is 0 Å². The summed E-state index contributed by atoms with van der Waals surface area (Å²) in [6.45, 7) is 9.86. The quantitative estimate of drug-likeness (QED) is 0.900. The molecule has 1 N–H and O–H groups in total. The molecule has 0 aliphatic heterocycles. The molecule has 0 radical (unpaired) electrons. The van der Waals surface area contributed by atoms with Crippen molar-refractivity contribution in [2.75, 3.05) is 13.7 Å². The van der Waals surface area contributed by atoms with E-state index in [0.29, 0.717) is 5.92 Å². The first-order chi connectivity index (χ1) is 8.78. The first-order valence-corrected chi connectivity index (χ1v) is 7.25. The summed E-state index contributed by atoms with van der Waals surface area (Å²) in [6.07, 6.45) is 1.19. The molecule has 1 aromatic carbocycles. The number of ether oxygens (including phenoxy) is 1. The van der Waals surface area contributed by atoms with Gasteiger partial charge in [0.25, 0.3) is 0 Å². The molecule has 2 nitrogen and oxygen atoms in total. The Morgan fingerprint density at radius 2 is 2.05 bits per heavy atom. The van der Waals surface area contributed by atoms with E-state index in [-0.39, 0.29) is 11.0 Å². The van der Waals surface area contributed by atoms with Gasteiger partial charge in [-0.15, -0.1) is 0 Å². The molecule has 1 aromatic rings. The second-order valence-electron chi connectivity index (χ2n) is 6.71. The minimum atomic E-state index is 0.126. The molecule has 3 heteroatoms. The molecule has 0 amide bonds. The van der Waals surface area contributed by atoms with E-state index in [4.69, 9.17) is 16.3 Å². The van der Waals surface area contributed by atoms with Crippen LogP contribution in [0.1, 0.15) is 39.7 Å². The Balaban J connectivity index is 2.29. The normalized spacial score (nSPS) is 26.3. The topological polar surface area (TPSA) is 21.3 Å². The number of hydrogen-bond donors (Lipinski definition) is 1. The van der Waals surface area contributed by atoms with Crippen molar-refractivity contribution in [1.29, 1.82) is 0 Å². The average Bonchev–Trinajstić information content (AvgIpc) is 2.98. The summed E-state index contributed by atoms with van der Waals surface area (Å²) < 4.78 is 5.52. The monoisotopic (exact) mass is 281 g/mol. The van der Waals surface area contributed by atoms with Gasteiger partial charge in [0.1, 0.15) is 5.75 Å². The van der Waals surface area contributed by atoms with Crippen molar-refractivity contribution in [3.8, 4) is 5.75 Å². The molecule has 2 unspecified atom stereocenters. The summed E-state index contributed by atoms with van der Waals surface area (Å²) in [5, 5.41) is 4.41. The molecule has 0 saturated heterocycles. The molecule has 19 heavy (non-hydrogen) atoms. The lowest BCUT2D eigenvalue weighted by molar-refractivity contribution is 0.373. The van der Waals surface area contributed by atoms with Gasteiger partial charge in [0.15, 0.2) is 0 Å². The van der Waals surface area contributed by atoms with Crippen LogP contribution in [0.3, 0.4) is 0 Å². The number of nitrogens with one attached hydrogen (secondary N) is 1. The number of halogens is 1. The van der Waals surface area contributed by atoms with E-state index in [1.165, 1.54) is 12.0 Å². The van der Waals surface area contributed by atoms with Gasteiger partial charge in [-0.3, -0.25) is 0 Å². The fourth-order valence-corrected chi connectivity index (χ4v) is 2.87. The summed E-state index contributed by atoms with van der Waals surface area (Å²) in [6, 6.07) is 5.93. The Hall–Kier alpha value is -0.730. The van der Waals surface area contributed by atoms with Crippen molar-refractivity contribution in [2.45, 2.75) is 45.1 Å². The lowest BCUT2D eigenvalue weighted by Crippen LogP contribution is -2.41. The van der Waals surface area contributed by atoms with E-state index in [1.807, 2.05) is 12.1 Å². The van der Waals surface area contributed by atoms with Crippen LogP contribution < -0.4 is 10.1 Å². The smallest absolute Gasteiger partial charge is 0.122 e. The molecule has 2 rings (SSSR count). The van der Waals surface area contributed by atoms with Gasteiger partial charge in [0.2, 0.25) is 0 Å². The zero-order valence-corrected chi connectivity index (χ0v) is 13.3. The van der Waals surface area contributed by atoms with Gasteiger partial charge < -0.3 is 10.1 Å². The largest absolute Gasteiger partial charge is 0.496 e. The Labute approximate surface area is 121 Å². The Kier molecular flexibility index (Phi) is 3.85. The third-order valence-corrected chi connectivity index (χ3v) is 4.32. The van der Waals surface area contributed by atoms with Crippen molar-refractivity contribution in [2.24, 2.45) is 5.92 Å². The van der Waals surface area contributed by atoms with Crippen LogP contribution in [0.2, 0.25) is 5.02 Å². The number of methoxy groups -OCH3 is 1. The Bertz CT molecular complexity index is 466. The van der Waals surface area contributed by atoms with E-state index < -0.39 is 0 Å². The third-order valence-electron chi connectivity index (χ3n) is 4.09. The molecule has 2 atom stereocenters. The highest BCUT2D eigenvalue weighted by molar-refractivity contribution is 6.30. The van der Waals surface area contributed by atoms with Crippen LogP contribution in [0.4, 0.5) is 0 Å². The second-order valence-corrected chi connectivity index (χ2v) is 7.15. The van der Waals surface area contributed by atoms with Crippen LogP contribution in [-0.4, -0.2) is 19.2 Å². The molecule has 1 saturated carbocycles. The zero-order valence-electron chi connectivity index (χ0n) is 12.5. The molecule has 0 bridgehead atoms. The molecule has 106 valence electrons. The van der Waals surface area contributed by atoms with Crippen LogP contribution in [0.5, 0.6) is 5.75 Å². The van der Waals surface area contributed by atoms with Gasteiger partial charge in [-0.05, 0) is 51.3 Å². The van der Waals surface area contributed by atoms with Crippen LogP contribution in [0.15, 0.2) is 18.2 Å². The maximum Gasteiger partial charge on any atom is 0.122 e. The van der Waals surface area contributed by atoms with E-state index in [9.17, 15) is 0 Å². The predicted octanol–water partition coefficient (Wildman–Crippen LogP) is 4.01. The van der Waals surface area contributed by atoms with Crippen LogP contribution in [0.25, 0.3) is 0 Å². The molecule has 0 aromatic heterocycles. The number of hydrogen-bond acceptors (Lipinski definition) is 2. The molecule has 1 fully saturated rings. The maximum absolute atomic E-state index is 6.17. The van der Waals surface area contributed by atoms with Crippen LogP contribution in [-0.2, 0) is 5.41 Å². The zero-order chi connectivity index (χ0) is 14.3. The van der Waals surface area contributed by atoms with Gasteiger partial charge in [-0.25, -0.2) is 0 Å². The molecule has 1 aliphatic rings. The summed E-state index contributed by atoms with van der Waals surface area (Å²) in [5.74, 6) is 1.61. The van der Waals surface area contributed by atoms with Crippen molar-refractivity contribution < 1.29 is 4.74 Å². The molecular weight excluding hydrogens is 258 g/mol. The van der Waals surface area contributed by atoms with Crippen LogP contribution in [0, 0.1) is 5.92 Å². The Morgan fingerprint density at radius 3 is 2.53 bits per heavy atom. The van der Waals surface area contributed by atoms with Crippen molar-refractivity contribution in [1.82, 2.24) is 5.32 Å². The van der Waals surface area contributed by atoms with Crippen molar-refractivity contribution in [3.05, 3.63) is 28.8 Å². The van der Waals surface area contributed by atoms with Crippen LogP contribution >= 0.6 is 11.6 Å². The standard InChI is InChI=1S/C16H24ClNO/c1-11-9-16(11,10-18-15(2,3)4)13-8-12(17)6-7-14(13)19-5/h6-8,11,18H,9-10H2,1-5H3. The highest BCUT2D eigenvalue weighted by atomic mass is 35.5. The van der Waals surface area contributed by atoms with E-state index in [2.05, 4.69) is 39.1 Å². The van der Waals surface area contributed by atoms with Gasteiger partial charge >= 0.3 is 0 Å². The minimum absolute atomic E-state index is 0.126. The third kappa shape index (κ3) is 3.06. The maximum atomic E-state index is 6.17. The van der Waals surface area contributed by atoms with Gasteiger partial charge in [0, 0.05) is 28.1 Å². The summed E-state index contributed by atoms with van der Waals surface area (Å²) in [7, 11) is 1.73. The number of benzene rings is 1. The predicted molar refractivity (Wildman–Crippen MR) is 81.2 cm³/mol. The van der Waals surface area contributed by atoms with Gasteiger partial charge in [0.05, 0.1) is 7.11 Å². The molecule has 0 heterocycles. The highest BCUT2D eigenvalue weighted by Crippen LogP contribution is 2.56. The lowest BCUT2D eigenvalue weighted by atomic mass is 9.91. The summed E-state index contributed by atoms with van der Waals surface area (Å²) >= 11 is 6.17. The first-order valence-electron chi connectivity index (χ1n) is 6.87. The fourth-order valence-electron chi connectivity index (χ4n) is 2.70. The molecule has 1 aliphatic carbocycles. The van der Waals surface area contributed by atoms with E-state index >= 15 is 0 Å². The van der Waals surface area contributed by atoms with Gasteiger partial charge in [-0.2, -0.15) is 0 Å². The Morgan fingerprint density at radius 1 is 1.42 bits per heavy atom. The average molecular weight is 282 g/mol. The fraction of sp³-hybridized carbons (Fsp3) is 0.625. The van der Waals surface area contributed by atoms with E-state index in [1.54, 1.807) is 7.11 Å². The minimum Gasteiger partial charge on any atom is -0.496 e. The first kappa shape index (κ1) is 14.7. The lowest BCUT2D eigenvalue weighted by Gasteiger charge is -2.27. The highest BCUT2D eigenvalue weighted by Gasteiger charge is 2.53. The van der Waals surface area contributed by atoms with Crippen molar-refractivity contribution >= 4 is 11.6 Å². The molecule has 0 spiro atoms.